The third kappa shape index (κ3) is 4.83. The largest absolute Gasteiger partial charge is 0.471 e. The van der Waals surface area contributed by atoms with Crippen molar-refractivity contribution < 1.29 is 22.8 Å². The van der Waals surface area contributed by atoms with Gasteiger partial charge in [0, 0.05) is 6.54 Å². The van der Waals surface area contributed by atoms with E-state index in [4.69, 9.17) is 0 Å². The van der Waals surface area contributed by atoms with Gasteiger partial charge in [-0.3, -0.25) is 10.1 Å². The summed E-state index contributed by atoms with van der Waals surface area (Å²) in [5.74, 6) is -2.30. The summed E-state index contributed by atoms with van der Waals surface area (Å²) < 4.78 is 34.6. The lowest BCUT2D eigenvalue weighted by atomic mass is 10.6. The predicted octanol–water partition coefficient (Wildman–Crippen LogP) is 0.560. The minimum Gasteiger partial charge on any atom is -0.334 e. The summed E-state index contributed by atoms with van der Waals surface area (Å²) in [6, 6.07) is -1.21. The smallest absolute Gasteiger partial charge is 0.334 e. The number of hydrogen-bond acceptors (Lipinski definition) is 2. The molecule has 74 valence electrons. The number of carbonyl (C=O) groups is 2. The van der Waals surface area contributed by atoms with Gasteiger partial charge in [-0.15, -0.1) is 6.58 Å². The zero-order chi connectivity index (χ0) is 10.5. The summed E-state index contributed by atoms with van der Waals surface area (Å²) in [7, 11) is 0. The average molecular weight is 196 g/mol. The maximum atomic E-state index is 11.5. The zero-order valence-electron chi connectivity index (χ0n) is 6.44. The van der Waals surface area contributed by atoms with Crippen LogP contribution in [-0.2, 0) is 4.79 Å². The van der Waals surface area contributed by atoms with E-state index < -0.39 is 18.1 Å². The monoisotopic (exact) mass is 196 g/mol. The molecular formula is C6H7F3N2O2. The topological polar surface area (TPSA) is 58.2 Å². The number of hydrogen-bond donors (Lipinski definition) is 2. The van der Waals surface area contributed by atoms with Crippen molar-refractivity contribution in [1.29, 1.82) is 0 Å². The molecule has 0 aliphatic carbocycles. The molecule has 0 saturated carbocycles. The van der Waals surface area contributed by atoms with Crippen LogP contribution in [0.2, 0.25) is 0 Å². The Bertz CT molecular complexity index is 224. The second-order valence-electron chi connectivity index (χ2n) is 1.95. The van der Waals surface area contributed by atoms with Crippen molar-refractivity contribution in [3.05, 3.63) is 12.7 Å². The maximum absolute atomic E-state index is 11.5. The first-order valence-corrected chi connectivity index (χ1v) is 3.15. The first kappa shape index (κ1) is 11.5. The Hall–Kier alpha value is -1.53. The van der Waals surface area contributed by atoms with Crippen molar-refractivity contribution in [3.63, 3.8) is 0 Å². The molecule has 0 unspecified atom stereocenters. The third-order valence-electron chi connectivity index (χ3n) is 0.891. The van der Waals surface area contributed by atoms with Crippen LogP contribution in [0.25, 0.3) is 0 Å². The summed E-state index contributed by atoms with van der Waals surface area (Å²) >= 11 is 0. The molecule has 13 heavy (non-hydrogen) atoms. The molecule has 0 aromatic heterocycles. The Kier molecular flexibility index (Phi) is 3.96. The van der Waals surface area contributed by atoms with Gasteiger partial charge in [-0.1, -0.05) is 6.08 Å². The fourth-order valence-corrected chi connectivity index (χ4v) is 0.383. The van der Waals surface area contributed by atoms with Gasteiger partial charge in [0.05, 0.1) is 0 Å². The molecule has 0 saturated heterocycles. The highest BCUT2D eigenvalue weighted by Crippen LogP contribution is 2.13. The van der Waals surface area contributed by atoms with Crippen molar-refractivity contribution in [2.45, 2.75) is 6.18 Å². The lowest BCUT2D eigenvalue weighted by Gasteiger charge is -2.06. The van der Waals surface area contributed by atoms with Gasteiger partial charge in [0.2, 0.25) is 0 Å². The first-order chi connectivity index (χ1) is 5.88. The summed E-state index contributed by atoms with van der Waals surface area (Å²) in [5.41, 5.74) is 0. The molecule has 0 aromatic rings. The molecule has 4 nitrogen and oxygen atoms in total. The van der Waals surface area contributed by atoms with Crippen molar-refractivity contribution >= 4 is 11.9 Å². The zero-order valence-corrected chi connectivity index (χ0v) is 6.44. The predicted molar refractivity (Wildman–Crippen MR) is 37.8 cm³/mol. The number of rotatable bonds is 2. The van der Waals surface area contributed by atoms with Crippen molar-refractivity contribution in [2.75, 3.05) is 6.54 Å². The number of halogens is 3. The number of alkyl halides is 3. The van der Waals surface area contributed by atoms with E-state index in [0.29, 0.717) is 0 Å². The SMILES string of the molecule is C=CCNC(=O)NC(=O)C(F)(F)F. The van der Waals surface area contributed by atoms with Crippen LogP contribution in [0, 0.1) is 0 Å². The van der Waals surface area contributed by atoms with Crippen LogP contribution in [-0.4, -0.2) is 24.7 Å². The quantitative estimate of drug-likeness (QED) is 0.634. The molecular weight excluding hydrogens is 189 g/mol. The van der Waals surface area contributed by atoms with Gasteiger partial charge in [-0.25, -0.2) is 4.79 Å². The van der Waals surface area contributed by atoms with E-state index in [-0.39, 0.29) is 6.54 Å². The molecule has 0 rings (SSSR count). The van der Waals surface area contributed by atoms with Gasteiger partial charge in [0.1, 0.15) is 0 Å². The lowest BCUT2D eigenvalue weighted by Crippen LogP contribution is -2.45. The van der Waals surface area contributed by atoms with Gasteiger partial charge in [0.15, 0.2) is 0 Å². The van der Waals surface area contributed by atoms with Crippen molar-refractivity contribution in [1.82, 2.24) is 10.6 Å². The number of amides is 3. The second-order valence-corrected chi connectivity index (χ2v) is 1.95. The van der Waals surface area contributed by atoms with Crippen LogP contribution in [0.15, 0.2) is 12.7 Å². The molecule has 0 spiro atoms. The number of nitrogens with one attached hydrogen (secondary N) is 2. The number of imide groups is 1. The van der Waals surface area contributed by atoms with Crippen LogP contribution in [0.4, 0.5) is 18.0 Å². The van der Waals surface area contributed by atoms with E-state index in [1.807, 2.05) is 5.32 Å². The van der Waals surface area contributed by atoms with Crippen LogP contribution < -0.4 is 10.6 Å². The van der Waals surface area contributed by atoms with Crippen LogP contribution in [0.1, 0.15) is 0 Å². The van der Waals surface area contributed by atoms with Gasteiger partial charge < -0.3 is 5.32 Å². The molecule has 0 aliphatic heterocycles. The molecule has 0 aromatic carbocycles. The van der Waals surface area contributed by atoms with Crippen molar-refractivity contribution in [3.8, 4) is 0 Å². The van der Waals surface area contributed by atoms with E-state index in [1.54, 1.807) is 0 Å². The van der Waals surface area contributed by atoms with Gasteiger partial charge in [-0.2, -0.15) is 13.2 Å². The van der Waals surface area contributed by atoms with Crippen LogP contribution in [0.5, 0.6) is 0 Å². The second kappa shape index (κ2) is 4.48. The standard InChI is InChI=1S/C6H7F3N2O2/c1-2-3-10-5(13)11-4(12)6(7,8)9/h2H,1,3H2,(H2,10,11,12,13). The molecule has 0 fully saturated rings. The Balaban J connectivity index is 3.93. The maximum Gasteiger partial charge on any atom is 0.471 e. The molecule has 0 radical (unpaired) electrons. The molecule has 7 heteroatoms. The lowest BCUT2D eigenvalue weighted by molar-refractivity contribution is -0.172. The Labute approximate surface area is 71.8 Å². The van der Waals surface area contributed by atoms with E-state index in [2.05, 4.69) is 6.58 Å². The van der Waals surface area contributed by atoms with E-state index in [0.717, 1.165) is 5.32 Å². The summed E-state index contributed by atoms with van der Waals surface area (Å²) in [5, 5.41) is 3.04. The average Bonchev–Trinajstić information content (AvgIpc) is 1.99. The van der Waals surface area contributed by atoms with Gasteiger partial charge >= 0.3 is 18.1 Å². The van der Waals surface area contributed by atoms with Gasteiger partial charge in [0.25, 0.3) is 0 Å². The fourth-order valence-electron chi connectivity index (χ4n) is 0.383. The third-order valence-corrected chi connectivity index (χ3v) is 0.891. The summed E-state index contributed by atoms with van der Waals surface area (Å²) in [4.78, 5) is 20.6. The molecule has 3 amide bonds. The molecule has 0 aliphatic rings. The highest BCUT2D eigenvalue weighted by Gasteiger charge is 2.39. The molecule has 0 bridgehead atoms. The first-order valence-electron chi connectivity index (χ1n) is 3.15. The van der Waals surface area contributed by atoms with Crippen LogP contribution in [0.3, 0.4) is 0 Å². The fraction of sp³-hybridized carbons (Fsp3) is 0.333. The van der Waals surface area contributed by atoms with E-state index in [1.165, 1.54) is 6.08 Å². The Morgan fingerprint density at radius 3 is 2.31 bits per heavy atom. The molecule has 0 atom stereocenters. The van der Waals surface area contributed by atoms with E-state index in [9.17, 15) is 22.8 Å². The van der Waals surface area contributed by atoms with Gasteiger partial charge in [-0.05, 0) is 0 Å². The minimum absolute atomic E-state index is 0.0169. The minimum atomic E-state index is -5.05. The number of carbonyl (C=O) groups excluding carboxylic acids is 2. The normalized spacial score (nSPS) is 10.4. The Morgan fingerprint density at radius 2 is 1.92 bits per heavy atom. The Morgan fingerprint density at radius 1 is 1.38 bits per heavy atom. The highest BCUT2D eigenvalue weighted by atomic mass is 19.4. The van der Waals surface area contributed by atoms with E-state index >= 15 is 0 Å². The summed E-state index contributed by atoms with van der Waals surface area (Å²) in [6.07, 6.45) is -3.79. The van der Waals surface area contributed by atoms with Crippen molar-refractivity contribution in [2.24, 2.45) is 0 Å². The highest BCUT2D eigenvalue weighted by molar-refractivity contribution is 5.97. The number of urea groups is 1. The molecule has 0 heterocycles. The summed E-state index contributed by atoms with van der Waals surface area (Å²) in [6.45, 7) is 3.19. The van der Waals surface area contributed by atoms with Crippen LogP contribution >= 0.6 is 0 Å². The molecule has 2 N–H and O–H groups in total.